The van der Waals surface area contributed by atoms with Gasteiger partial charge in [-0.25, -0.2) is 0 Å². The second-order valence-electron chi connectivity index (χ2n) is 4.69. The minimum Gasteiger partial charge on any atom is -0.276 e. The van der Waals surface area contributed by atoms with Crippen molar-refractivity contribution in [2.24, 2.45) is 12.9 Å². The highest BCUT2D eigenvalue weighted by molar-refractivity contribution is 5.35. The van der Waals surface area contributed by atoms with Crippen LogP contribution in [0.1, 0.15) is 28.4 Å². The first kappa shape index (κ1) is 12.8. The first-order valence-corrected chi connectivity index (χ1v) is 6.12. The number of rotatable bonds is 4. The summed E-state index contributed by atoms with van der Waals surface area (Å²) in [5.41, 5.74) is 7.75. The van der Waals surface area contributed by atoms with Crippen LogP contribution in [0, 0.1) is 13.8 Å². The molecule has 3 N–H and O–H groups in total. The van der Waals surface area contributed by atoms with Crippen LogP contribution in [0.25, 0.3) is 0 Å². The molecule has 1 aromatic heterocycles. The van der Waals surface area contributed by atoms with Crippen LogP contribution in [0.2, 0.25) is 0 Å². The molecule has 4 nitrogen and oxygen atoms in total. The van der Waals surface area contributed by atoms with Gasteiger partial charge in [-0.05, 0) is 36.6 Å². The molecule has 1 aromatic carbocycles. The van der Waals surface area contributed by atoms with Crippen molar-refractivity contribution in [3.63, 3.8) is 0 Å². The van der Waals surface area contributed by atoms with E-state index in [0.29, 0.717) is 0 Å². The summed E-state index contributed by atoms with van der Waals surface area (Å²) in [7, 11) is 1.92. The van der Waals surface area contributed by atoms with Crippen molar-refractivity contribution >= 4 is 0 Å². The zero-order chi connectivity index (χ0) is 13.1. The number of nitrogens with zero attached hydrogens (tertiary/aromatic N) is 2. The summed E-state index contributed by atoms with van der Waals surface area (Å²) >= 11 is 0. The minimum absolute atomic E-state index is 0.0970. The first-order chi connectivity index (χ1) is 8.61. The van der Waals surface area contributed by atoms with Gasteiger partial charge in [0.05, 0.1) is 11.7 Å². The van der Waals surface area contributed by atoms with Crippen molar-refractivity contribution in [3.8, 4) is 0 Å². The smallest absolute Gasteiger partial charge is 0.0643 e. The molecule has 0 amide bonds. The number of hydrogen-bond acceptors (Lipinski definition) is 3. The monoisotopic (exact) mass is 244 g/mol. The lowest BCUT2D eigenvalue weighted by molar-refractivity contribution is 0.538. The van der Waals surface area contributed by atoms with Crippen molar-refractivity contribution in [1.29, 1.82) is 0 Å². The Labute approximate surface area is 108 Å². The molecule has 0 saturated heterocycles. The summed E-state index contributed by atoms with van der Waals surface area (Å²) in [6.45, 7) is 4.25. The molecule has 18 heavy (non-hydrogen) atoms. The SMILES string of the molecule is Cc1cccc(C(Cc2ccn(C)n2)NN)c1C. The van der Waals surface area contributed by atoms with E-state index in [2.05, 4.69) is 42.6 Å². The lowest BCUT2D eigenvalue weighted by Crippen LogP contribution is -2.30. The van der Waals surface area contributed by atoms with Gasteiger partial charge >= 0.3 is 0 Å². The Morgan fingerprint density at radius 3 is 2.72 bits per heavy atom. The molecule has 0 fully saturated rings. The van der Waals surface area contributed by atoms with Gasteiger partial charge in [-0.15, -0.1) is 0 Å². The summed E-state index contributed by atoms with van der Waals surface area (Å²) in [5.74, 6) is 5.69. The second-order valence-corrected chi connectivity index (χ2v) is 4.69. The van der Waals surface area contributed by atoms with E-state index in [4.69, 9.17) is 5.84 Å². The minimum atomic E-state index is 0.0970. The highest BCUT2D eigenvalue weighted by Gasteiger charge is 2.14. The number of benzene rings is 1. The molecule has 0 aliphatic rings. The third-order valence-electron chi connectivity index (χ3n) is 3.41. The third-order valence-corrected chi connectivity index (χ3v) is 3.41. The van der Waals surface area contributed by atoms with Gasteiger partial charge in [-0.3, -0.25) is 16.0 Å². The van der Waals surface area contributed by atoms with Gasteiger partial charge in [-0.2, -0.15) is 5.10 Å². The van der Waals surface area contributed by atoms with Crippen LogP contribution in [-0.2, 0) is 13.5 Å². The Bertz CT molecular complexity index is 530. The third kappa shape index (κ3) is 2.60. The maximum Gasteiger partial charge on any atom is 0.0643 e. The quantitative estimate of drug-likeness (QED) is 0.637. The van der Waals surface area contributed by atoms with Crippen molar-refractivity contribution in [2.45, 2.75) is 26.3 Å². The molecular formula is C14H20N4. The normalized spacial score (nSPS) is 12.7. The van der Waals surface area contributed by atoms with E-state index in [0.717, 1.165) is 12.1 Å². The van der Waals surface area contributed by atoms with Gasteiger partial charge in [0.2, 0.25) is 0 Å². The fourth-order valence-corrected chi connectivity index (χ4v) is 2.19. The number of nitrogens with two attached hydrogens (primary N) is 1. The maximum absolute atomic E-state index is 5.69. The molecule has 1 unspecified atom stereocenters. The first-order valence-electron chi connectivity index (χ1n) is 6.12. The van der Waals surface area contributed by atoms with Crippen molar-refractivity contribution < 1.29 is 0 Å². The Balaban J connectivity index is 2.25. The van der Waals surface area contributed by atoms with Crippen molar-refractivity contribution in [2.75, 3.05) is 0 Å². The Morgan fingerprint density at radius 2 is 2.11 bits per heavy atom. The van der Waals surface area contributed by atoms with E-state index < -0.39 is 0 Å². The van der Waals surface area contributed by atoms with E-state index in [9.17, 15) is 0 Å². The van der Waals surface area contributed by atoms with Crippen LogP contribution in [0.5, 0.6) is 0 Å². The molecule has 2 aromatic rings. The summed E-state index contributed by atoms with van der Waals surface area (Å²) in [5, 5.41) is 4.40. The molecule has 0 radical (unpaired) electrons. The lowest BCUT2D eigenvalue weighted by atomic mass is 9.95. The van der Waals surface area contributed by atoms with Crippen LogP contribution in [0.15, 0.2) is 30.5 Å². The molecule has 0 saturated carbocycles. The predicted octanol–water partition coefficient (Wildman–Crippen LogP) is 1.78. The van der Waals surface area contributed by atoms with Gasteiger partial charge in [-0.1, -0.05) is 18.2 Å². The van der Waals surface area contributed by atoms with Crippen molar-refractivity contribution in [3.05, 3.63) is 52.8 Å². The molecule has 2 rings (SSSR count). The zero-order valence-corrected chi connectivity index (χ0v) is 11.1. The summed E-state index contributed by atoms with van der Waals surface area (Å²) in [4.78, 5) is 0. The summed E-state index contributed by atoms with van der Waals surface area (Å²) in [6.07, 6.45) is 2.74. The summed E-state index contributed by atoms with van der Waals surface area (Å²) < 4.78 is 1.81. The molecule has 0 bridgehead atoms. The molecule has 0 aliphatic carbocycles. The highest BCUT2D eigenvalue weighted by atomic mass is 15.3. The topological polar surface area (TPSA) is 55.9 Å². The fraction of sp³-hybridized carbons (Fsp3) is 0.357. The Kier molecular flexibility index (Phi) is 3.79. The van der Waals surface area contributed by atoms with Crippen LogP contribution in [-0.4, -0.2) is 9.78 Å². The molecule has 4 heteroatoms. The molecule has 1 atom stereocenters. The molecule has 1 heterocycles. The van der Waals surface area contributed by atoms with Crippen LogP contribution in [0.4, 0.5) is 0 Å². The van der Waals surface area contributed by atoms with E-state index in [-0.39, 0.29) is 6.04 Å². The number of hydrazine groups is 1. The van der Waals surface area contributed by atoms with E-state index in [1.165, 1.54) is 16.7 Å². The molecule has 0 spiro atoms. The average Bonchev–Trinajstić information content (AvgIpc) is 2.76. The van der Waals surface area contributed by atoms with Gasteiger partial charge < -0.3 is 0 Å². The van der Waals surface area contributed by atoms with Gasteiger partial charge in [0, 0.05) is 19.7 Å². The maximum atomic E-state index is 5.69. The predicted molar refractivity (Wildman–Crippen MR) is 72.9 cm³/mol. The fourth-order valence-electron chi connectivity index (χ4n) is 2.19. The van der Waals surface area contributed by atoms with E-state index in [1.807, 2.05) is 24.0 Å². The highest BCUT2D eigenvalue weighted by Crippen LogP contribution is 2.22. The van der Waals surface area contributed by atoms with Gasteiger partial charge in [0.15, 0.2) is 0 Å². The molecular weight excluding hydrogens is 224 g/mol. The Hall–Kier alpha value is -1.65. The van der Waals surface area contributed by atoms with Gasteiger partial charge in [0.1, 0.15) is 0 Å². The van der Waals surface area contributed by atoms with E-state index >= 15 is 0 Å². The van der Waals surface area contributed by atoms with Crippen LogP contribution >= 0.6 is 0 Å². The average molecular weight is 244 g/mol. The Morgan fingerprint density at radius 1 is 1.33 bits per heavy atom. The largest absolute Gasteiger partial charge is 0.276 e. The lowest BCUT2D eigenvalue weighted by Gasteiger charge is -2.18. The van der Waals surface area contributed by atoms with Gasteiger partial charge in [0.25, 0.3) is 0 Å². The van der Waals surface area contributed by atoms with Crippen molar-refractivity contribution in [1.82, 2.24) is 15.2 Å². The zero-order valence-electron chi connectivity index (χ0n) is 11.1. The summed E-state index contributed by atoms with van der Waals surface area (Å²) in [6, 6.07) is 8.43. The number of nitrogens with one attached hydrogen (secondary N) is 1. The van der Waals surface area contributed by atoms with Crippen LogP contribution in [0.3, 0.4) is 0 Å². The molecule has 96 valence electrons. The van der Waals surface area contributed by atoms with E-state index in [1.54, 1.807) is 0 Å². The number of aryl methyl sites for hydroxylation is 2. The number of hydrogen-bond donors (Lipinski definition) is 2. The molecule has 0 aliphatic heterocycles. The van der Waals surface area contributed by atoms with Crippen LogP contribution < -0.4 is 11.3 Å². The number of aromatic nitrogens is 2. The second kappa shape index (κ2) is 5.33. The standard InChI is InChI=1S/C14H20N4/c1-10-5-4-6-13(11(10)2)14(16-15)9-12-7-8-18(3)17-12/h4-8,14,16H,9,15H2,1-3H3.